The van der Waals surface area contributed by atoms with Crippen molar-refractivity contribution in [2.24, 2.45) is 0 Å². The van der Waals surface area contributed by atoms with Crippen LogP contribution in [-0.2, 0) is 0 Å². The van der Waals surface area contributed by atoms with Crippen LogP contribution >= 0.6 is 0 Å². The van der Waals surface area contributed by atoms with Crippen LogP contribution in [0.5, 0.6) is 11.5 Å². The normalized spacial score (nSPS) is 10.3. The molecule has 4 heteroatoms. The number of rotatable bonds is 3. The van der Waals surface area contributed by atoms with Crippen LogP contribution < -0.4 is 15.1 Å². The highest BCUT2D eigenvalue weighted by atomic mass is 16.5. The Kier molecular flexibility index (Phi) is 5.05. The first-order valence-corrected chi connectivity index (χ1v) is 9.06. The predicted octanol–water partition coefficient (Wildman–Crippen LogP) is 4.88. The lowest BCUT2D eigenvalue weighted by atomic mass is 10.0. The van der Waals surface area contributed by atoms with E-state index in [2.05, 4.69) is 11.8 Å². The van der Waals surface area contributed by atoms with Gasteiger partial charge in [0.1, 0.15) is 11.5 Å². The molecular weight excluding hydrogens is 364 g/mol. The van der Waals surface area contributed by atoms with Gasteiger partial charge in [0, 0.05) is 16.5 Å². The van der Waals surface area contributed by atoms with Crippen LogP contribution in [0.3, 0.4) is 0 Å². The molecule has 0 spiro atoms. The summed E-state index contributed by atoms with van der Waals surface area (Å²) in [6.07, 6.45) is 0. The van der Waals surface area contributed by atoms with Gasteiger partial charge in [-0.2, -0.15) is 0 Å². The van der Waals surface area contributed by atoms with Crippen molar-refractivity contribution in [2.45, 2.75) is 0 Å². The molecule has 0 atom stereocenters. The molecule has 142 valence electrons. The van der Waals surface area contributed by atoms with E-state index >= 15 is 0 Å². The average Bonchev–Trinajstić information content (AvgIpc) is 2.79. The lowest BCUT2D eigenvalue weighted by Crippen LogP contribution is -2.03. The zero-order valence-electron chi connectivity index (χ0n) is 16.1. The van der Waals surface area contributed by atoms with Crippen molar-refractivity contribution >= 4 is 10.8 Å². The van der Waals surface area contributed by atoms with Gasteiger partial charge in [-0.15, -0.1) is 0 Å². The quantitative estimate of drug-likeness (QED) is 0.474. The highest BCUT2D eigenvalue weighted by Gasteiger charge is 2.14. The second-order valence-corrected chi connectivity index (χ2v) is 6.35. The average molecular weight is 382 g/mol. The zero-order valence-corrected chi connectivity index (χ0v) is 16.1. The standard InChI is InChI=1S/C25H18O4/c1-27-19-12-7-17(8-13-19)9-16-22-21-5-3-4-6-23(21)25(26)29-24(22)18-10-14-20(28-2)15-11-18/h3-8,10-15H,1-2H3. The summed E-state index contributed by atoms with van der Waals surface area (Å²) < 4.78 is 16.1. The molecule has 4 rings (SSSR count). The fourth-order valence-corrected chi connectivity index (χ4v) is 3.08. The van der Waals surface area contributed by atoms with Crippen molar-refractivity contribution in [3.05, 3.63) is 94.3 Å². The molecule has 0 radical (unpaired) electrons. The van der Waals surface area contributed by atoms with Gasteiger partial charge in [-0.1, -0.05) is 30.0 Å². The van der Waals surface area contributed by atoms with Crippen molar-refractivity contribution in [1.29, 1.82) is 0 Å². The molecule has 4 nitrogen and oxygen atoms in total. The molecule has 29 heavy (non-hydrogen) atoms. The topological polar surface area (TPSA) is 48.7 Å². The molecule has 0 aliphatic carbocycles. The van der Waals surface area contributed by atoms with Gasteiger partial charge in [0.2, 0.25) is 0 Å². The van der Waals surface area contributed by atoms with E-state index in [4.69, 9.17) is 13.9 Å². The highest BCUT2D eigenvalue weighted by Crippen LogP contribution is 2.29. The van der Waals surface area contributed by atoms with Gasteiger partial charge in [0.15, 0.2) is 5.76 Å². The molecule has 0 bridgehead atoms. The Morgan fingerprint density at radius 1 is 0.724 bits per heavy atom. The van der Waals surface area contributed by atoms with Gasteiger partial charge in [-0.3, -0.25) is 0 Å². The lowest BCUT2D eigenvalue weighted by Gasteiger charge is -2.08. The van der Waals surface area contributed by atoms with Gasteiger partial charge in [-0.25, -0.2) is 4.79 Å². The Morgan fingerprint density at radius 2 is 1.31 bits per heavy atom. The van der Waals surface area contributed by atoms with E-state index in [1.165, 1.54) is 0 Å². The van der Waals surface area contributed by atoms with Crippen LogP contribution in [0, 0.1) is 11.8 Å². The van der Waals surface area contributed by atoms with E-state index in [1.54, 1.807) is 20.3 Å². The van der Waals surface area contributed by atoms with Crippen molar-refractivity contribution < 1.29 is 13.9 Å². The number of hydrogen-bond donors (Lipinski definition) is 0. The SMILES string of the molecule is COc1ccc(C#Cc2c(-c3ccc(OC)cc3)oc(=O)c3ccccc23)cc1. The van der Waals surface area contributed by atoms with Gasteiger partial charge in [0.25, 0.3) is 0 Å². The lowest BCUT2D eigenvalue weighted by molar-refractivity contribution is 0.414. The maximum atomic E-state index is 12.5. The smallest absolute Gasteiger partial charge is 0.344 e. The summed E-state index contributed by atoms with van der Waals surface area (Å²) in [6, 6.07) is 22.2. The molecule has 0 unspecified atom stereocenters. The summed E-state index contributed by atoms with van der Waals surface area (Å²) in [5, 5.41) is 1.26. The summed E-state index contributed by atoms with van der Waals surface area (Å²) in [5.74, 6) is 8.31. The van der Waals surface area contributed by atoms with E-state index in [1.807, 2.05) is 66.7 Å². The van der Waals surface area contributed by atoms with Crippen LogP contribution in [0.4, 0.5) is 0 Å². The number of fused-ring (bicyclic) bond motifs is 1. The molecule has 1 heterocycles. The van der Waals surface area contributed by atoms with E-state index in [0.717, 1.165) is 28.0 Å². The molecule has 0 aliphatic rings. The van der Waals surface area contributed by atoms with Gasteiger partial charge >= 0.3 is 5.63 Å². The van der Waals surface area contributed by atoms with Crippen molar-refractivity contribution in [3.8, 4) is 34.7 Å². The summed E-state index contributed by atoms with van der Waals surface area (Å²) >= 11 is 0. The second-order valence-electron chi connectivity index (χ2n) is 6.35. The third-order valence-electron chi connectivity index (χ3n) is 4.61. The van der Waals surface area contributed by atoms with Crippen LogP contribution in [0.2, 0.25) is 0 Å². The highest BCUT2D eigenvalue weighted by molar-refractivity contribution is 5.91. The summed E-state index contributed by atoms with van der Waals surface area (Å²) in [4.78, 5) is 12.5. The molecule has 0 saturated heterocycles. The first kappa shape index (κ1) is 18.4. The molecule has 0 N–H and O–H groups in total. The fourth-order valence-electron chi connectivity index (χ4n) is 3.08. The largest absolute Gasteiger partial charge is 0.497 e. The third-order valence-corrected chi connectivity index (χ3v) is 4.61. The van der Waals surface area contributed by atoms with E-state index in [9.17, 15) is 4.79 Å². The summed E-state index contributed by atoms with van der Waals surface area (Å²) in [7, 11) is 3.23. The predicted molar refractivity (Wildman–Crippen MR) is 113 cm³/mol. The maximum absolute atomic E-state index is 12.5. The molecule has 3 aromatic carbocycles. The minimum absolute atomic E-state index is 0.388. The Hall–Kier alpha value is -3.97. The molecule has 0 amide bonds. The molecule has 0 fully saturated rings. The first-order chi connectivity index (χ1) is 14.2. The number of ether oxygens (including phenoxy) is 2. The number of benzene rings is 3. The van der Waals surface area contributed by atoms with Crippen LogP contribution in [0.15, 0.2) is 82.0 Å². The zero-order chi connectivity index (χ0) is 20.2. The molecule has 0 saturated carbocycles. The maximum Gasteiger partial charge on any atom is 0.344 e. The Morgan fingerprint density at radius 3 is 1.93 bits per heavy atom. The summed E-state index contributed by atoms with van der Waals surface area (Å²) in [5.41, 5.74) is 1.87. The van der Waals surface area contributed by atoms with Crippen molar-refractivity contribution in [2.75, 3.05) is 14.2 Å². The minimum atomic E-state index is -0.388. The molecule has 4 aromatic rings. The van der Waals surface area contributed by atoms with Crippen molar-refractivity contribution in [3.63, 3.8) is 0 Å². The van der Waals surface area contributed by atoms with Crippen LogP contribution in [0.25, 0.3) is 22.1 Å². The monoisotopic (exact) mass is 382 g/mol. The van der Waals surface area contributed by atoms with E-state index in [-0.39, 0.29) is 5.63 Å². The Labute approximate surface area is 168 Å². The third kappa shape index (κ3) is 3.71. The number of hydrogen-bond acceptors (Lipinski definition) is 4. The first-order valence-electron chi connectivity index (χ1n) is 9.06. The molecule has 0 aliphatic heterocycles. The van der Waals surface area contributed by atoms with E-state index < -0.39 is 0 Å². The van der Waals surface area contributed by atoms with Gasteiger partial charge in [-0.05, 0) is 54.6 Å². The van der Waals surface area contributed by atoms with Gasteiger partial charge in [0.05, 0.1) is 25.2 Å². The van der Waals surface area contributed by atoms with Gasteiger partial charge < -0.3 is 13.9 Å². The van der Waals surface area contributed by atoms with Crippen LogP contribution in [0.1, 0.15) is 11.1 Å². The second kappa shape index (κ2) is 7.95. The minimum Gasteiger partial charge on any atom is -0.497 e. The fraction of sp³-hybridized carbons (Fsp3) is 0.0800. The van der Waals surface area contributed by atoms with Crippen LogP contribution in [-0.4, -0.2) is 14.2 Å². The van der Waals surface area contributed by atoms with E-state index in [0.29, 0.717) is 16.7 Å². The molecule has 1 aromatic heterocycles. The Bertz CT molecular complexity index is 1270. The Balaban J connectivity index is 1.91. The number of methoxy groups -OCH3 is 2. The summed E-state index contributed by atoms with van der Waals surface area (Å²) in [6.45, 7) is 0. The van der Waals surface area contributed by atoms with Crippen molar-refractivity contribution in [1.82, 2.24) is 0 Å². The molecular formula is C25H18O4.